The van der Waals surface area contributed by atoms with Crippen molar-refractivity contribution >= 4 is 0 Å². The molecule has 1 rings (SSSR count). The highest BCUT2D eigenvalue weighted by Gasteiger charge is 2.60. The van der Waals surface area contributed by atoms with Crippen LogP contribution in [0.3, 0.4) is 0 Å². The van der Waals surface area contributed by atoms with Gasteiger partial charge in [0.1, 0.15) is 0 Å². The SMILES string of the molecule is CCC(CC(C)C#N)C1CCC(OC(C)OC)(C(F)(F)F)C1. The number of alkyl halides is 3. The lowest BCUT2D eigenvalue weighted by Gasteiger charge is -2.35. The molecule has 1 aliphatic rings. The molecule has 0 saturated heterocycles. The minimum atomic E-state index is -4.41. The monoisotopic (exact) mass is 321 g/mol. The van der Waals surface area contributed by atoms with Crippen molar-refractivity contribution in [3.8, 4) is 6.07 Å². The van der Waals surface area contributed by atoms with Gasteiger partial charge in [-0.3, -0.25) is 0 Å². The molecule has 0 heterocycles. The molecule has 1 fully saturated rings. The minimum absolute atomic E-state index is 0.0354. The maximum Gasteiger partial charge on any atom is 0.417 e. The van der Waals surface area contributed by atoms with Crippen molar-refractivity contribution < 1.29 is 22.6 Å². The lowest BCUT2D eigenvalue weighted by Crippen LogP contribution is -2.48. The van der Waals surface area contributed by atoms with Crippen LogP contribution < -0.4 is 0 Å². The quantitative estimate of drug-likeness (QED) is 0.640. The maximum absolute atomic E-state index is 13.5. The van der Waals surface area contributed by atoms with Gasteiger partial charge >= 0.3 is 6.18 Å². The fraction of sp³-hybridized carbons (Fsp3) is 0.938. The third-order valence-electron chi connectivity index (χ3n) is 4.82. The van der Waals surface area contributed by atoms with Crippen molar-refractivity contribution in [1.82, 2.24) is 0 Å². The summed E-state index contributed by atoms with van der Waals surface area (Å²) in [6.45, 7) is 5.27. The van der Waals surface area contributed by atoms with Crippen molar-refractivity contribution in [3.05, 3.63) is 0 Å². The van der Waals surface area contributed by atoms with Gasteiger partial charge in [-0.05, 0) is 51.4 Å². The number of nitriles is 1. The molecule has 0 aromatic rings. The van der Waals surface area contributed by atoms with Crippen LogP contribution in [-0.2, 0) is 9.47 Å². The predicted molar refractivity (Wildman–Crippen MR) is 76.9 cm³/mol. The number of hydrogen-bond donors (Lipinski definition) is 0. The zero-order chi connectivity index (χ0) is 17.0. The Morgan fingerprint density at radius 3 is 2.45 bits per heavy atom. The summed E-state index contributed by atoms with van der Waals surface area (Å²) >= 11 is 0. The molecule has 6 heteroatoms. The Hall–Kier alpha value is -0.800. The fourth-order valence-electron chi connectivity index (χ4n) is 3.44. The van der Waals surface area contributed by atoms with Crippen molar-refractivity contribution in [3.63, 3.8) is 0 Å². The van der Waals surface area contributed by atoms with E-state index in [-0.39, 0.29) is 30.6 Å². The summed E-state index contributed by atoms with van der Waals surface area (Å²) < 4.78 is 50.8. The zero-order valence-corrected chi connectivity index (χ0v) is 13.7. The first kappa shape index (κ1) is 19.2. The standard InChI is InChI=1S/C16H26F3NO2/c1-5-13(8-11(2)10-20)14-6-7-15(9-14,16(17,18)19)22-12(3)21-4/h11-14H,5-9H2,1-4H3. The van der Waals surface area contributed by atoms with E-state index in [1.54, 1.807) is 0 Å². The Bertz CT molecular complexity index is 394. The van der Waals surface area contributed by atoms with Gasteiger partial charge in [0.05, 0.1) is 6.07 Å². The summed E-state index contributed by atoms with van der Waals surface area (Å²) in [6.07, 6.45) is -3.47. The summed E-state index contributed by atoms with van der Waals surface area (Å²) in [5.74, 6) is -0.0727. The Balaban J connectivity index is 2.87. The largest absolute Gasteiger partial charge is 0.417 e. The first-order valence-electron chi connectivity index (χ1n) is 7.86. The number of nitrogens with zero attached hydrogens (tertiary/aromatic N) is 1. The number of rotatable bonds is 7. The molecule has 22 heavy (non-hydrogen) atoms. The molecular formula is C16H26F3NO2. The van der Waals surface area contributed by atoms with Crippen LogP contribution in [0, 0.1) is 29.1 Å². The van der Waals surface area contributed by atoms with E-state index in [9.17, 15) is 13.2 Å². The fourth-order valence-corrected chi connectivity index (χ4v) is 3.44. The van der Waals surface area contributed by atoms with Gasteiger partial charge in [0.25, 0.3) is 0 Å². The summed E-state index contributed by atoms with van der Waals surface area (Å²) in [7, 11) is 1.34. The molecule has 5 unspecified atom stereocenters. The minimum Gasteiger partial charge on any atom is -0.356 e. The third-order valence-corrected chi connectivity index (χ3v) is 4.82. The van der Waals surface area contributed by atoms with E-state index >= 15 is 0 Å². The van der Waals surface area contributed by atoms with E-state index in [2.05, 4.69) is 6.07 Å². The highest BCUT2D eigenvalue weighted by Crippen LogP contribution is 2.51. The van der Waals surface area contributed by atoms with Crippen LogP contribution in [0.5, 0.6) is 0 Å². The lowest BCUT2D eigenvalue weighted by atomic mass is 9.81. The molecular weight excluding hydrogens is 295 g/mol. The average Bonchev–Trinajstić information content (AvgIpc) is 2.89. The molecule has 0 radical (unpaired) electrons. The highest BCUT2D eigenvalue weighted by atomic mass is 19.4. The first-order chi connectivity index (χ1) is 10.2. The van der Waals surface area contributed by atoms with E-state index in [0.29, 0.717) is 12.8 Å². The number of ether oxygens (including phenoxy) is 2. The zero-order valence-electron chi connectivity index (χ0n) is 13.7. The molecule has 0 aromatic carbocycles. The summed E-state index contributed by atoms with van der Waals surface area (Å²) in [5, 5.41) is 8.93. The second-order valence-electron chi connectivity index (χ2n) is 6.35. The van der Waals surface area contributed by atoms with Gasteiger partial charge in [0.2, 0.25) is 0 Å². The van der Waals surface area contributed by atoms with Crippen LogP contribution in [0.1, 0.15) is 52.9 Å². The van der Waals surface area contributed by atoms with Crippen molar-refractivity contribution in [2.75, 3.05) is 7.11 Å². The van der Waals surface area contributed by atoms with Crippen LogP contribution in [0.25, 0.3) is 0 Å². The molecule has 0 spiro atoms. The van der Waals surface area contributed by atoms with Crippen molar-refractivity contribution in [1.29, 1.82) is 5.26 Å². The Labute approximate surface area is 130 Å². The van der Waals surface area contributed by atoms with Crippen LogP contribution in [-0.4, -0.2) is 25.2 Å². The van der Waals surface area contributed by atoms with E-state index in [4.69, 9.17) is 14.7 Å². The number of halogens is 3. The Morgan fingerprint density at radius 2 is 2.00 bits per heavy atom. The second kappa shape index (κ2) is 7.65. The molecule has 0 aliphatic heterocycles. The molecule has 0 N–H and O–H groups in total. The third kappa shape index (κ3) is 4.36. The molecule has 3 nitrogen and oxygen atoms in total. The summed E-state index contributed by atoms with van der Waals surface area (Å²) in [5.41, 5.74) is -2.11. The molecule has 128 valence electrons. The van der Waals surface area contributed by atoms with E-state index in [1.807, 2.05) is 13.8 Å². The van der Waals surface area contributed by atoms with E-state index in [1.165, 1.54) is 14.0 Å². The number of hydrogen-bond acceptors (Lipinski definition) is 3. The van der Waals surface area contributed by atoms with Crippen LogP contribution >= 0.6 is 0 Å². The van der Waals surface area contributed by atoms with E-state index < -0.39 is 18.1 Å². The van der Waals surface area contributed by atoms with Crippen LogP contribution in [0.2, 0.25) is 0 Å². The molecule has 1 saturated carbocycles. The van der Waals surface area contributed by atoms with Gasteiger partial charge in [-0.15, -0.1) is 0 Å². The Morgan fingerprint density at radius 1 is 1.36 bits per heavy atom. The maximum atomic E-state index is 13.5. The van der Waals surface area contributed by atoms with Gasteiger partial charge in [-0.1, -0.05) is 13.3 Å². The topological polar surface area (TPSA) is 42.2 Å². The first-order valence-corrected chi connectivity index (χ1v) is 7.86. The van der Waals surface area contributed by atoms with Crippen molar-refractivity contribution in [2.24, 2.45) is 17.8 Å². The molecule has 5 atom stereocenters. The van der Waals surface area contributed by atoms with Gasteiger partial charge < -0.3 is 9.47 Å². The highest BCUT2D eigenvalue weighted by molar-refractivity contribution is 4.99. The van der Waals surface area contributed by atoms with Crippen molar-refractivity contribution in [2.45, 2.75) is 70.9 Å². The van der Waals surface area contributed by atoms with Gasteiger partial charge in [0, 0.05) is 13.0 Å². The van der Waals surface area contributed by atoms with Gasteiger partial charge in [-0.25, -0.2) is 0 Å². The Kier molecular flexibility index (Phi) is 6.69. The number of methoxy groups -OCH3 is 1. The average molecular weight is 321 g/mol. The molecule has 0 amide bonds. The predicted octanol–water partition coefficient (Wildman–Crippen LogP) is 4.67. The van der Waals surface area contributed by atoms with Gasteiger partial charge in [0.15, 0.2) is 11.9 Å². The smallest absolute Gasteiger partial charge is 0.356 e. The lowest BCUT2D eigenvalue weighted by molar-refractivity contribution is -0.316. The summed E-state index contributed by atoms with van der Waals surface area (Å²) in [6, 6.07) is 2.17. The second-order valence-corrected chi connectivity index (χ2v) is 6.35. The normalized spacial score (nSPS) is 29.8. The molecule has 0 aromatic heterocycles. The van der Waals surface area contributed by atoms with E-state index in [0.717, 1.165) is 6.42 Å². The van der Waals surface area contributed by atoms with Gasteiger partial charge in [-0.2, -0.15) is 18.4 Å². The molecule has 0 bridgehead atoms. The van der Waals surface area contributed by atoms with Crippen LogP contribution in [0.15, 0.2) is 0 Å². The molecule has 1 aliphatic carbocycles. The summed E-state index contributed by atoms with van der Waals surface area (Å²) in [4.78, 5) is 0. The van der Waals surface area contributed by atoms with Crippen LogP contribution in [0.4, 0.5) is 13.2 Å².